The van der Waals surface area contributed by atoms with E-state index < -0.39 is 5.82 Å². The molecule has 0 spiro atoms. The van der Waals surface area contributed by atoms with Crippen LogP contribution in [0.15, 0.2) is 28.9 Å². The molecule has 0 saturated carbocycles. The molecule has 0 aliphatic heterocycles. The summed E-state index contributed by atoms with van der Waals surface area (Å²) < 4.78 is 19.7. The highest BCUT2D eigenvalue weighted by molar-refractivity contribution is 9.10. The van der Waals surface area contributed by atoms with Gasteiger partial charge >= 0.3 is 0 Å². The van der Waals surface area contributed by atoms with Gasteiger partial charge in [-0.25, -0.2) is 9.37 Å². The molecule has 0 unspecified atom stereocenters. The van der Waals surface area contributed by atoms with Crippen LogP contribution < -0.4 is 4.74 Å². The zero-order valence-corrected chi connectivity index (χ0v) is 13.4. The van der Waals surface area contributed by atoms with Gasteiger partial charge in [0.2, 0.25) is 5.88 Å². The third kappa shape index (κ3) is 3.76. The molecule has 0 radical (unpaired) electrons. The Kier molecular flexibility index (Phi) is 4.24. The van der Waals surface area contributed by atoms with Gasteiger partial charge in [0.05, 0.1) is 5.56 Å². The molecule has 0 bridgehead atoms. The Hall–Kier alpha value is -2.00. The molecule has 6 heteroatoms. The number of hydrogen-bond acceptors (Lipinski definition) is 4. The fraction of sp³-hybridized carbons (Fsp3) is 0.267. The van der Waals surface area contributed by atoms with Crippen molar-refractivity contribution < 1.29 is 9.13 Å². The maximum absolute atomic E-state index is 13.6. The van der Waals surface area contributed by atoms with E-state index in [-0.39, 0.29) is 16.7 Å². The second kappa shape index (κ2) is 5.78. The average molecular weight is 350 g/mol. The minimum Gasteiger partial charge on any atom is -0.439 e. The van der Waals surface area contributed by atoms with E-state index in [0.717, 1.165) is 6.07 Å². The largest absolute Gasteiger partial charge is 0.439 e. The van der Waals surface area contributed by atoms with Crippen LogP contribution in [0, 0.1) is 17.1 Å². The van der Waals surface area contributed by atoms with Crippen molar-refractivity contribution in [3.8, 4) is 17.7 Å². The number of nitrogens with zero attached hydrogens (tertiary/aromatic N) is 3. The van der Waals surface area contributed by atoms with Crippen molar-refractivity contribution in [3.05, 3.63) is 46.1 Å². The van der Waals surface area contributed by atoms with E-state index >= 15 is 0 Å². The van der Waals surface area contributed by atoms with Crippen LogP contribution in [0.5, 0.6) is 11.6 Å². The summed E-state index contributed by atoms with van der Waals surface area (Å²) in [5.74, 6) is 0.572. The molecule has 0 aliphatic carbocycles. The number of nitriles is 1. The molecule has 2 aromatic rings. The van der Waals surface area contributed by atoms with E-state index in [1.807, 2.05) is 20.8 Å². The second-order valence-corrected chi connectivity index (χ2v) is 6.27. The van der Waals surface area contributed by atoms with Gasteiger partial charge in [0.15, 0.2) is 0 Å². The third-order valence-corrected chi connectivity index (χ3v) is 3.03. The van der Waals surface area contributed by atoms with Crippen LogP contribution in [0.2, 0.25) is 0 Å². The van der Waals surface area contributed by atoms with Crippen molar-refractivity contribution in [2.24, 2.45) is 0 Å². The highest BCUT2D eigenvalue weighted by Gasteiger charge is 2.19. The Balaban J connectivity index is 2.34. The average Bonchev–Trinajstić information content (AvgIpc) is 2.37. The molecule has 108 valence electrons. The minimum absolute atomic E-state index is 0.0263. The van der Waals surface area contributed by atoms with Crippen LogP contribution in [0.1, 0.15) is 32.2 Å². The zero-order valence-electron chi connectivity index (χ0n) is 11.8. The van der Waals surface area contributed by atoms with Gasteiger partial charge in [-0.15, -0.1) is 0 Å². The smallest absolute Gasteiger partial charge is 0.223 e. The Bertz CT molecular complexity index is 720. The van der Waals surface area contributed by atoms with E-state index in [4.69, 9.17) is 10.00 Å². The van der Waals surface area contributed by atoms with Crippen molar-refractivity contribution in [1.82, 2.24) is 9.97 Å². The van der Waals surface area contributed by atoms with Gasteiger partial charge < -0.3 is 4.74 Å². The lowest BCUT2D eigenvalue weighted by atomic mass is 9.96. The number of ether oxygens (including phenoxy) is 1. The molecule has 0 fully saturated rings. The van der Waals surface area contributed by atoms with E-state index in [9.17, 15) is 4.39 Å². The topological polar surface area (TPSA) is 58.8 Å². The van der Waals surface area contributed by atoms with Gasteiger partial charge in [-0.2, -0.15) is 10.2 Å². The fourth-order valence-electron chi connectivity index (χ4n) is 1.56. The summed E-state index contributed by atoms with van der Waals surface area (Å²) in [5.41, 5.74) is -0.265. The zero-order chi connectivity index (χ0) is 15.6. The van der Waals surface area contributed by atoms with Crippen molar-refractivity contribution in [3.63, 3.8) is 0 Å². The lowest BCUT2D eigenvalue weighted by Crippen LogP contribution is -2.16. The number of aromatic nitrogens is 2. The molecule has 0 amide bonds. The van der Waals surface area contributed by atoms with E-state index in [0.29, 0.717) is 16.3 Å². The number of halogens is 2. The SMILES string of the molecule is CC(C)(C)c1nc(Br)cc(Oc2ccc(C#N)c(F)c2)n1. The summed E-state index contributed by atoms with van der Waals surface area (Å²) in [4.78, 5) is 8.62. The van der Waals surface area contributed by atoms with Crippen LogP contribution in [0.25, 0.3) is 0 Å². The van der Waals surface area contributed by atoms with Gasteiger partial charge in [0, 0.05) is 17.5 Å². The first kappa shape index (κ1) is 15.4. The highest BCUT2D eigenvalue weighted by atomic mass is 79.9. The predicted molar refractivity (Wildman–Crippen MR) is 79.6 cm³/mol. The standard InChI is InChI=1S/C15H13BrFN3O/c1-15(2,3)14-19-12(16)7-13(20-14)21-10-5-4-9(8-18)11(17)6-10/h4-7H,1-3H3. The molecule has 2 rings (SSSR count). The lowest BCUT2D eigenvalue weighted by molar-refractivity contribution is 0.441. The van der Waals surface area contributed by atoms with Crippen molar-refractivity contribution >= 4 is 15.9 Å². The lowest BCUT2D eigenvalue weighted by Gasteiger charge is -2.17. The maximum atomic E-state index is 13.6. The normalized spacial score (nSPS) is 11.0. The van der Waals surface area contributed by atoms with Crippen molar-refractivity contribution in [2.45, 2.75) is 26.2 Å². The summed E-state index contributed by atoms with van der Waals surface area (Å²) >= 11 is 3.31. The molecule has 1 heterocycles. The summed E-state index contributed by atoms with van der Waals surface area (Å²) in [5, 5.41) is 8.70. The number of hydrogen-bond donors (Lipinski definition) is 0. The first-order valence-electron chi connectivity index (χ1n) is 6.22. The summed E-state index contributed by atoms with van der Waals surface area (Å²) in [7, 11) is 0. The number of benzene rings is 1. The van der Waals surface area contributed by atoms with Gasteiger partial charge in [0.25, 0.3) is 0 Å². The molecule has 21 heavy (non-hydrogen) atoms. The van der Waals surface area contributed by atoms with Gasteiger partial charge in [0.1, 0.15) is 28.1 Å². The second-order valence-electron chi connectivity index (χ2n) is 5.46. The highest BCUT2D eigenvalue weighted by Crippen LogP contribution is 2.27. The maximum Gasteiger partial charge on any atom is 0.223 e. The Morgan fingerprint density at radius 2 is 1.95 bits per heavy atom. The molecule has 0 atom stereocenters. The Labute approximate surface area is 130 Å². The number of rotatable bonds is 2. The first-order chi connectivity index (χ1) is 9.79. The molecular formula is C15H13BrFN3O. The Morgan fingerprint density at radius 3 is 2.52 bits per heavy atom. The molecule has 1 aromatic carbocycles. The van der Waals surface area contributed by atoms with E-state index in [1.165, 1.54) is 12.1 Å². The van der Waals surface area contributed by atoms with E-state index in [1.54, 1.807) is 12.1 Å². The van der Waals surface area contributed by atoms with E-state index in [2.05, 4.69) is 25.9 Å². The van der Waals surface area contributed by atoms with Gasteiger partial charge in [-0.3, -0.25) is 0 Å². The van der Waals surface area contributed by atoms with Crippen LogP contribution >= 0.6 is 15.9 Å². The Morgan fingerprint density at radius 1 is 1.24 bits per heavy atom. The quantitative estimate of drug-likeness (QED) is 0.756. The fourth-order valence-corrected chi connectivity index (χ4v) is 1.92. The molecule has 0 saturated heterocycles. The van der Waals surface area contributed by atoms with Crippen LogP contribution in [-0.2, 0) is 5.41 Å². The van der Waals surface area contributed by atoms with Crippen LogP contribution in [0.4, 0.5) is 4.39 Å². The van der Waals surface area contributed by atoms with Crippen LogP contribution in [0.3, 0.4) is 0 Å². The monoisotopic (exact) mass is 349 g/mol. The van der Waals surface area contributed by atoms with Crippen molar-refractivity contribution in [1.29, 1.82) is 5.26 Å². The van der Waals surface area contributed by atoms with Crippen molar-refractivity contribution in [2.75, 3.05) is 0 Å². The summed E-state index contributed by atoms with van der Waals surface area (Å²) in [6.45, 7) is 5.96. The first-order valence-corrected chi connectivity index (χ1v) is 7.01. The molecule has 4 nitrogen and oxygen atoms in total. The van der Waals surface area contributed by atoms with Gasteiger partial charge in [-0.1, -0.05) is 20.8 Å². The summed E-state index contributed by atoms with van der Waals surface area (Å²) in [6.07, 6.45) is 0. The van der Waals surface area contributed by atoms with Gasteiger partial charge in [-0.05, 0) is 28.1 Å². The minimum atomic E-state index is -0.626. The molecule has 0 N–H and O–H groups in total. The molecular weight excluding hydrogens is 337 g/mol. The predicted octanol–water partition coefficient (Wildman–Crippen LogP) is 4.34. The molecule has 0 aliphatic rings. The summed E-state index contributed by atoms with van der Waals surface area (Å²) in [6, 6.07) is 7.41. The third-order valence-electron chi connectivity index (χ3n) is 2.63. The molecule has 1 aromatic heterocycles. The van der Waals surface area contributed by atoms with Crippen LogP contribution in [-0.4, -0.2) is 9.97 Å².